The molecule has 1 aliphatic heterocycles. The van der Waals surface area contributed by atoms with Crippen LogP contribution >= 0.6 is 0 Å². The fourth-order valence-corrected chi connectivity index (χ4v) is 4.78. The van der Waals surface area contributed by atoms with Gasteiger partial charge in [0.1, 0.15) is 13.2 Å². The molecule has 2 N–H and O–H groups in total. The van der Waals surface area contributed by atoms with E-state index in [2.05, 4.69) is 11.7 Å². The van der Waals surface area contributed by atoms with Crippen LogP contribution in [0.3, 0.4) is 0 Å². The number of carbonyl (C=O) groups is 4. The molecule has 0 saturated heterocycles. The highest BCUT2D eigenvalue weighted by Gasteiger charge is 2.33. The molecule has 9 nitrogen and oxygen atoms in total. The van der Waals surface area contributed by atoms with E-state index in [-0.39, 0.29) is 19.2 Å². The molecule has 45 heavy (non-hydrogen) atoms. The normalized spacial score (nSPS) is 12.2. The third-order valence-electron chi connectivity index (χ3n) is 7.77. The SMILES string of the molecule is CCCCCCCCCCCCCCCC(=O)OCC(CO)(CO)COC(=O)c1ccccc1.O=C1OC(=O)c2ccccc21. The lowest BCUT2D eigenvalue weighted by atomic mass is 9.92. The number of esters is 4. The van der Waals surface area contributed by atoms with E-state index in [4.69, 9.17) is 9.47 Å². The van der Waals surface area contributed by atoms with Crippen molar-refractivity contribution in [1.29, 1.82) is 0 Å². The summed E-state index contributed by atoms with van der Waals surface area (Å²) in [6, 6.07) is 15.0. The van der Waals surface area contributed by atoms with Gasteiger partial charge in [0, 0.05) is 6.42 Å². The number of aliphatic hydroxyl groups excluding tert-OH is 2. The van der Waals surface area contributed by atoms with Gasteiger partial charge in [-0.1, -0.05) is 114 Å². The van der Waals surface area contributed by atoms with Crippen LogP contribution < -0.4 is 0 Å². The van der Waals surface area contributed by atoms with Crippen molar-refractivity contribution in [1.82, 2.24) is 0 Å². The first-order valence-electron chi connectivity index (χ1n) is 16.3. The number of unbranched alkanes of at least 4 members (excludes halogenated alkanes) is 12. The van der Waals surface area contributed by atoms with Gasteiger partial charge >= 0.3 is 23.9 Å². The molecule has 1 aliphatic rings. The van der Waals surface area contributed by atoms with E-state index < -0.39 is 36.5 Å². The van der Waals surface area contributed by atoms with Gasteiger partial charge in [0.2, 0.25) is 0 Å². The lowest BCUT2D eigenvalue weighted by Crippen LogP contribution is -2.41. The Morgan fingerprint density at radius 2 is 1.09 bits per heavy atom. The first-order valence-corrected chi connectivity index (χ1v) is 16.3. The Labute approximate surface area is 267 Å². The Balaban J connectivity index is 0.000000528. The smallest absolute Gasteiger partial charge is 0.346 e. The largest absolute Gasteiger partial charge is 0.465 e. The molecular weight excluding hydrogens is 576 g/mol. The van der Waals surface area contributed by atoms with E-state index in [1.165, 1.54) is 64.2 Å². The van der Waals surface area contributed by atoms with Crippen molar-refractivity contribution >= 4 is 23.9 Å². The summed E-state index contributed by atoms with van der Waals surface area (Å²) in [7, 11) is 0. The maximum absolute atomic E-state index is 12.1. The molecule has 3 rings (SSSR count). The predicted molar refractivity (Wildman–Crippen MR) is 171 cm³/mol. The molecule has 0 atom stereocenters. The summed E-state index contributed by atoms with van der Waals surface area (Å²) in [6.07, 6.45) is 16.4. The van der Waals surface area contributed by atoms with Crippen molar-refractivity contribution in [3.05, 3.63) is 71.3 Å². The number of benzene rings is 2. The first-order chi connectivity index (χ1) is 21.9. The summed E-state index contributed by atoms with van der Waals surface area (Å²) < 4.78 is 14.9. The summed E-state index contributed by atoms with van der Waals surface area (Å²) in [5.74, 6) is -2.01. The van der Waals surface area contributed by atoms with E-state index >= 15 is 0 Å². The lowest BCUT2D eigenvalue weighted by molar-refractivity contribution is -0.151. The Kier molecular flexibility index (Phi) is 18.4. The van der Waals surface area contributed by atoms with Crippen molar-refractivity contribution in [2.24, 2.45) is 5.41 Å². The van der Waals surface area contributed by atoms with Gasteiger partial charge in [-0.15, -0.1) is 0 Å². The zero-order chi connectivity index (χ0) is 32.8. The van der Waals surface area contributed by atoms with Crippen LogP contribution in [0.5, 0.6) is 0 Å². The third-order valence-corrected chi connectivity index (χ3v) is 7.77. The maximum atomic E-state index is 12.1. The molecule has 2 aromatic rings. The van der Waals surface area contributed by atoms with Gasteiger partial charge in [-0.2, -0.15) is 0 Å². The van der Waals surface area contributed by atoms with Crippen LogP contribution in [-0.2, 0) is 19.0 Å². The Bertz CT molecular complexity index is 1130. The number of fused-ring (bicyclic) bond motifs is 1. The van der Waals surface area contributed by atoms with E-state index in [1.807, 2.05) is 0 Å². The van der Waals surface area contributed by atoms with Gasteiger partial charge in [-0.25, -0.2) is 14.4 Å². The van der Waals surface area contributed by atoms with Crippen LogP contribution in [0.2, 0.25) is 0 Å². The molecule has 0 radical (unpaired) electrons. The predicted octanol–water partition coefficient (Wildman–Crippen LogP) is 6.84. The van der Waals surface area contributed by atoms with Gasteiger partial charge in [-0.3, -0.25) is 4.79 Å². The van der Waals surface area contributed by atoms with Crippen molar-refractivity contribution < 1.29 is 43.6 Å². The molecule has 2 aromatic carbocycles. The molecule has 0 saturated carbocycles. The molecule has 0 unspecified atom stereocenters. The number of hydrogen-bond donors (Lipinski definition) is 2. The maximum Gasteiger partial charge on any atom is 0.346 e. The Hall–Kier alpha value is -3.56. The van der Waals surface area contributed by atoms with Crippen LogP contribution in [-0.4, -0.2) is 60.5 Å². The van der Waals surface area contributed by atoms with Gasteiger partial charge in [-0.05, 0) is 30.7 Å². The van der Waals surface area contributed by atoms with Crippen LogP contribution in [0.4, 0.5) is 0 Å². The second kappa shape index (κ2) is 22.0. The second-order valence-corrected chi connectivity index (χ2v) is 11.6. The average Bonchev–Trinajstić information content (AvgIpc) is 3.37. The zero-order valence-electron chi connectivity index (χ0n) is 26.7. The topological polar surface area (TPSA) is 136 Å². The van der Waals surface area contributed by atoms with Gasteiger partial charge < -0.3 is 24.4 Å². The fraction of sp³-hybridized carbons (Fsp3) is 0.556. The standard InChI is InChI=1S/C28H46O6.C8H4O3/c1-2-3-4-5-6-7-8-9-10-11-12-13-17-20-26(31)33-23-28(21-29,22-30)24-34-27(32)25-18-15-14-16-19-25;9-7-5-3-1-2-4-6(5)8(10)11-7/h14-16,18-19,29-30H,2-13,17,20-24H2,1H3;1-4H. The van der Waals surface area contributed by atoms with Gasteiger partial charge in [0.25, 0.3) is 0 Å². The van der Waals surface area contributed by atoms with E-state index in [1.54, 1.807) is 54.6 Å². The zero-order valence-corrected chi connectivity index (χ0v) is 26.7. The minimum absolute atomic E-state index is 0.195. The van der Waals surface area contributed by atoms with Crippen molar-refractivity contribution in [3.8, 4) is 0 Å². The molecule has 0 fully saturated rings. The van der Waals surface area contributed by atoms with Crippen molar-refractivity contribution in [2.45, 2.75) is 96.8 Å². The Morgan fingerprint density at radius 3 is 1.58 bits per heavy atom. The monoisotopic (exact) mass is 626 g/mol. The minimum Gasteiger partial charge on any atom is -0.465 e. The number of rotatable bonds is 21. The third kappa shape index (κ3) is 14.4. The van der Waals surface area contributed by atoms with Gasteiger partial charge in [0.15, 0.2) is 0 Å². The molecule has 0 bridgehead atoms. The second-order valence-electron chi connectivity index (χ2n) is 11.6. The van der Waals surface area contributed by atoms with Gasteiger partial charge in [0.05, 0.1) is 35.3 Å². The number of hydrogen-bond acceptors (Lipinski definition) is 9. The fourth-order valence-electron chi connectivity index (χ4n) is 4.78. The molecule has 0 amide bonds. The van der Waals surface area contributed by atoms with E-state index in [0.29, 0.717) is 23.1 Å². The molecule has 9 heteroatoms. The minimum atomic E-state index is -1.21. The number of aliphatic hydroxyl groups is 2. The average molecular weight is 627 g/mol. The first kappa shape index (κ1) is 37.6. The molecular formula is C36H50O9. The summed E-state index contributed by atoms with van der Waals surface area (Å²) in [4.78, 5) is 45.9. The Morgan fingerprint density at radius 1 is 0.644 bits per heavy atom. The van der Waals surface area contributed by atoms with Crippen molar-refractivity contribution in [3.63, 3.8) is 0 Å². The van der Waals surface area contributed by atoms with Crippen LogP contribution in [0.25, 0.3) is 0 Å². The van der Waals surface area contributed by atoms with E-state index in [9.17, 15) is 29.4 Å². The summed E-state index contributed by atoms with van der Waals surface area (Å²) in [5, 5.41) is 19.5. The number of cyclic esters (lactones) is 2. The highest BCUT2D eigenvalue weighted by atomic mass is 16.6. The number of ether oxygens (including phenoxy) is 3. The lowest BCUT2D eigenvalue weighted by Gasteiger charge is -2.28. The van der Waals surface area contributed by atoms with Crippen molar-refractivity contribution in [2.75, 3.05) is 26.4 Å². The van der Waals surface area contributed by atoms with Crippen LogP contribution in [0.15, 0.2) is 54.6 Å². The molecule has 248 valence electrons. The highest BCUT2D eigenvalue weighted by Crippen LogP contribution is 2.20. The number of carbonyl (C=O) groups excluding carboxylic acids is 4. The summed E-state index contributed by atoms with van der Waals surface area (Å²) >= 11 is 0. The van der Waals surface area contributed by atoms with Crippen LogP contribution in [0.1, 0.15) is 128 Å². The molecule has 1 heterocycles. The quantitative estimate of drug-likeness (QED) is 0.0661. The highest BCUT2D eigenvalue weighted by molar-refractivity contribution is 6.14. The molecule has 0 aliphatic carbocycles. The summed E-state index contributed by atoms with van der Waals surface area (Å²) in [5.41, 5.74) is -0.113. The summed E-state index contributed by atoms with van der Waals surface area (Å²) in [6.45, 7) is 0.894. The molecule has 0 spiro atoms. The molecule has 0 aromatic heterocycles. The van der Waals surface area contributed by atoms with Crippen LogP contribution in [0, 0.1) is 5.41 Å². The van der Waals surface area contributed by atoms with E-state index in [0.717, 1.165) is 19.3 Å².